The Hall–Kier alpha value is -2.63. The van der Waals surface area contributed by atoms with Crippen molar-refractivity contribution in [1.29, 1.82) is 0 Å². The second kappa shape index (κ2) is 7.32. The number of hydrogen-bond donors (Lipinski definition) is 1. The Kier molecular flexibility index (Phi) is 4.73. The van der Waals surface area contributed by atoms with Gasteiger partial charge in [-0.05, 0) is 24.1 Å². The number of ether oxygens (including phenoxy) is 1. The van der Waals surface area contributed by atoms with Crippen LogP contribution in [0.1, 0.15) is 11.3 Å². The van der Waals surface area contributed by atoms with Gasteiger partial charge in [0.2, 0.25) is 0 Å². The number of morpholine rings is 1. The Morgan fingerprint density at radius 2 is 1.69 bits per heavy atom. The Morgan fingerprint density at radius 1 is 1.00 bits per heavy atom. The zero-order valence-electron chi connectivity index (χ0n) is 15.1. The van der Waals surface area contributed by atoms with E-state index in [-0.39, 0.29) is 0 Å². The first-order valence-corrected chi connectivity index (χ1v) is 9.03. The van der Waals surface area contributed by atoms with E-state index in [0.717, 1.165) is 60.9 Å². The van der Waals surface area contributed by atoms with E-state index < -0.39 is 0 Å². The third-order valence-corrected chi connectivity index (χ3v) is 4.88. The largest absolute Gasteiger partial charge is 0.383 e. The fourth-order valence-corrected chi connectivity index (χ4v) is 3.46. The van der Waals surface area contributed by atoms with Crippen molar-refractivity contribution in [3.63, 3.8) is 0 Å². The average molecular weight is 348 g/mol. The van der Waals surface area contributed by atoms with Gasteiger partial charge in [0.05, 0.1) is 24.6 Å². The molecule has 1 saturated heterocycles. The number of nitrogens with two attached hydrogens (primary N) is 1. The number of hydrogen-bond acceptors (Lipinski definition) is 4. The van der Waals surface area contributed by atoms with Gasteiger partial charge in [0.15, 0.2) is 0 Å². The van der Waals surface area contributed by atoms with Crippen molar-refractivity contribution in [2.24, 2.45) is 0 Å². The lowest BCUT2D eigenvalue weighted by atomic mass is 10.0. The standard InChI is InChI=1S/C21H24N4O/c1-16-7-5-6-10-19(16)25-21(22)20(17-8-3-2-4-9-17)18(23-25)15-24-11-13-26-14-12-24/h2-10H,11-15,22H2,1H3. The van der Waals surface area contributed by atoms with E-state index in [1.165, 1.54) is 0 Å². The molecule has 0 aliphatic carbocycles. The molecule has 0 radical (unpaired) electrons. The number of nitrogen functional groups attached to an aromatic ring is 1. The van der Waals surface area contributed by atoms with Crippen molar-refractivity contribution < 1.29 is 4.74 Å². The molecule has 1 aliphatic heterocycles. The molecule has 2 heterocycles. The maximum absolute atomic E-state index is 6.60. The molecule has 0 amide bonds. The van der Waals surface area contributed by atoms with Gasteiger partial charge in [-0.25, -0.2) is 4.68 Å². The molecular formula is C21H24N4O. The number of aryl methyl sites for hydroxylation is 1. The van der Waals surface area contributed by atoms with E-state index in [9.17, 15) is 0 Å². The average Bonchev–Trinajstić information content (AvgIpc) is 2.99. The highest BCUT2D eigenvalue weighted by atomic mass is 16.5. The third-order valence-electron chi connectivity index (χ3n) is 4.88. The van der Waals surface area contributed by atoms with Gasteiger partial charge in [-0.3, -0.25) is 4.90 Å². The fraction of sp³-hybridized carbons (Fsp3) is 0.286. The maximum atomic E-state index is 6.60. The van der Waals surface area contributed by atoms with Crippen LogP contribution in [0.2, 0.25) is 0 Å². The number of para-hydroxylation sites is 1. The van der Waals surface area contributed by atoms with Crippen LogP contribution in [0, 0.1) is 6.92 Å². The van der Waals surface area contributed by atoms with Crippen LogP contribution in [0.15, 0.2) is 54.6 Å². The van der Waals surface area contributed by atoms with Crippen LogP contribution in [-0.4, -0.2) is 41.0 Å². The van der Waals surface area contributed by atoms with Gasteiger partial charge in [0.25, 0.3) is 0 Å². The van der Waals surface area contributed by atoms with Crippen molar-refractivity contribution >= 4 is 5.82 Å². The summed E-state index contributed by atoms with van der Waals surface area (Å²) >= 11 is 0. The summed E-state index contributed by atoms with van der Waals surface area (Å²) in [5, 5.41) is 4.92. The molecule has 1 aliphatic rings. The highest BCUT2D eigenvalue weighted by Gasteiger charge is 2.21. The summed E-state index contributed by atoms with van der Waals surface area (Å²) in [5.41, 5.74) is 11.9. The van der Waals surface area contributed by atoms with Gasteiger partial charge in [-0.15, -0.1) is 0 Å². The van der Waals surface area contributed by atoms with Crippen molar-refractivity contribution in [3.8, 4) is 16.8 Å². The lowest BCUT2D eigenvalue weighted by molar-refractivity contribution is 0.0337. The van der Waals surface area contributed by atoms with E-state index >= 15 is 0 Å². The summed E-state index contributed by atoms with van der Waals surface area (Å²) in [6, 6.07) is 18.5. The Balaban J connectivity index is 1.81. The van der Waals surface area contributed by atoms with E-state index in [1.54, 1.807) is 0 Å². The van der Waals surface area contributed by atoms with E-state index in [2.05, 4.69) is 36.1 Å². The SMILES string of the molecule is Cc1ccccc1-n1nc(CN2CCOCC2)c(-c2ccccc2)c1N. The smallest absolute Gasteiger partial charge is 0.135 e. The normalized spacial score (nSPS) is 15.3. The van der Waals surface area contributed by atoms with Crippen molar-refractivity contribution in [2.75, 3.05) is 32.0 Å². The molecule has 1 aromatic heterocycles. The Labute approximate surface area is 154 Å². The molecule has 0 spiro atoms. The van der Waals surface area contributed by atoms with Crippen LogP contribution < -0.4 is 5.73 Å². The number of benzene rings is 2. The minimum atomic E-state index is 0.689. The fourth-order valence-electron chi connectivity index (χ4n) is 3.46. The summed E-state index contributed by atoms with van der Waals surface area (Å²) in [7, 11) is 0. The summed E-state index contributed by atoms with van der Waals surface area (Å²) in [6.45, 7) is 6.25. The Bertz CT molecular complexity index is 882. The van der Waals surface area contributed by atoms with Gasteiger partial charge in [-0.1, -0.05) is 48.5 Å². The number of aromatic nitrogens is 2. The molecule has 2 aromatic carbocycles. The molecule has 4 rings (SSSR count). The van der Waals surface area contributed by atoms with Gasteiger partial charge in [-0.2, -0.15) is 5.10 Å². The minimum Gasteiger partial charge on any atom is -0.383 e. The predicted octanol–water partition coefficient (Wildman–Crippen LogP) is 3.26. The van der Waals surface area contributed by atoms with Crippen LogP contribution in [0.3, 0.4) is 0 Å². The maximum Gasteiger partial charge on any atom is 0.135 e. The van der Waals surface area contributed by atoms with E-state index in [1.807, 2.05) is 35.0 Å². The van der Waals surface area contributed by atoms with Crippen LogP contribution in [0.5, 0.6) is 0 Å². The molecule has 26 heavy (non-hydrogen) atoms. The Morgan fingerprint density at radius 3 is 2.42 bits per heavy atom. The molecule has 0 bridgehead atoms. The first-order chi connectivity index (χ1) is 12.7. The van der Waals surface area contributed by atoms with E-state index in [4.69, 9.17) is 15.6 Å². The monoisotopic (exact) mass is 348 g/mol. The first kappa shape index (κ1) is 16.8. The second-order valence-corrected chi connectivity index (χ2v) is 6.66. The van der Waals surface area contributed by atoms with Crippen LogP contribution in [0.25, 0.3) is 16.8 Å². The minimum absolute atomic E-state index is 0.689. The number of nitrogens with zero attached hydrogens (tertiary/aromatic N) is 3. The highest BCUT2D eigenvalue weighted by Crippen LogP contribution is 2.33. The summed E-state index contributed by atoms with van der Waals surface area (Å²) < 4.78 is 7.36. The topological polar surface area (TPSA) is 56.3 Å². The third kappa shape index (κ3) is 3.23. The molecule has 0 atom stereocenters. The quantitative estimate of drug-likeness (QED) is 0.786. The molecule has 3 aromatic rings. The van der Waals surface area contributed by atoms with Gasteiger partial charge in [0.1, 0.15) is 5.82 Å². The zero-order chi connectivity index (χ0) is 17.9. The predicted molar refractivity (Wildman–Crippen MR) is 104 cm³/mol. The highest BCUT2D eigenvalue weighted by molar-refractivity contribution is 5.78. The van der Waals surface area contributed by atoms with Crippen LogP contribution in [0.4, 0.5) is 5.82 Å². The first-order valence-electron chi connectivity index (χ1n) is 9.03. The molecular weight excluding hydrogens is 324 g/mol. The van der Waals surface area contributed by atoms with Crippen LogP contribution >= 0.6 is 0 Å². The van der Waals surface area contributed by atoms with Gasteiger partial charge < -0.3 is 10.5 Å². The van der Waals surface area contributed by atoms with Crippen molar-refractivity contribution in [3.05, 3.63) is 65.9 Å². The number of anilines is 1. The molecule has 0 saturated carbocycles. The summed E-state index contributed by atoms with van der Waals surface area (Å²) in [5.74, 6) is 0.689. The van der Waals surface area contributed by atoms with Crippen molar-refractivity contribution in [2.45, 2.75) is 13.5 Å². The molecule has 134 valence electrons. The molecule has 5 nitrogen and oxygen atoms in total. The molecule has 0 unspecified atom stereocenters. The zero-order valence-corrected chi connectivity index (χ0v) is 15.1. The van der Waals surface area contributed by atoms with E-state index in [0.29, 0.717) is 5.82 Å². The molecule has 5 heteroatoms. The van der Waals surface area contributed by atoms with Gasteiger partial charge >= 0.3 is 0 Å². The summed E-state index contributed by atoms with van der Waals surface area (Å²) in [6.07, 6.45) is 0. The molecule has 2 N–H and O–H groups in total. The second-order valence-electron chi connectivity index (χ2n) is 6.66. The summed E-state index contributed by atoms with van der Waals surface area (Å²) in [4.78, 5) is 2.37. The lowest BCUT2D eigenvalue weighted by Gasteiger charge is -2.26. The lowest BCUT2D eigenvalue weighted by Crippen LogP contribution is -2.35. The van der Waals surface area contributed by atoms with Crippen LogP contribution in [-0.2, 0) is 11.3 Å². The van der Waals surface area contributed by atoms with Gasteiger partial charge in [0, 0.05) is 25.2 Å². The van der Waals surface area contributed by atoms with Crippen molar-refractivity contribution in [1.82, 2.24) is 14.7 Å². The molecule has 1 fully saturated rings. The number of rotatable bonds is 4.